The van der Waals surface area contributed by atoms with Crippen molar-refractivity contribution in [2.75, 3.05) is 31.1 Å². The highest BCUT2D eigenvalue weighted by Gasteiger charge is 2.30. The van der Waals surface area contributed by atoms with Crippen molar-refractivity contribution in [3.05, 3.63) is 65.1 Å². The molecule has 8 heteroatoms. The Balaban J connectivity index is 1.77. The van der Waals surface area contributed by atoms with Crippen molar-refractivity contribution >= 4 is 23.9 Å². The lowest BCUT2D eigenvalue weighted by molar-refractivity contribution is 0.0672. The van der Waals surface area contributed by atoms with Crippen molar-refractivity contribution in [1.29, 1.82) is 0 Å². The number of rotatable bonds is 7. The molecule has 0 bridgehead atoms. The lowest BCUT2D eigenvalue weighted by Crippen LogP contribution is -2.54. The Labute approximate surface area is 187 Å². The van der Waals surface area contributed by atoms with Gasteiger partial charge in [-0.05, 0) is 61.6 Å². The number of piperazine rings is 1. The molecule has 170 valence electrons. The molecule has 7 nitrogen and oxygen atoms in total. The fourth-order valence-corrected chi connectivity index (χ4v) is 4.02. The Hall–Kier alpha value is -3.42. The SMILES string of the molecule is C=Cc1cc(C(=O)N2CCN(c3ccc(F)cn3)CC2C)c(CCCOC(N)=O)cc1C. The predicted molar refractivity (Wildman–Crippen MR) is 122 cm³/mol. The molecular weight excluding hydrogens is 411 g/mol. The van der Waals surface area contributed by atoms with E-state index in [1.54, 1.807) is 12.1 Å². The Morgan fingerprint density at radius 3 is 2.75 bits per heavy atom. The van der Waals surface area contributed by atoms with Gasteiger partial charge in [-0.3, -0.25) is 4.79 Å². The molecule has 3 rings (SSSR count). The number of nitrogens with two attached hydrogens (primary N) is 1. The van der Waals surface area contributed by atoms with Gasteiger partial charge in [-0.25, -0.2) is 14.2 Å². The molecule has 1 aromatic carbocycles. The number of halogens is 1. The van der Waals surface area contributed by atoms with Crippen LogP contribution in [0.1, 0.15) is 40.4 Å². The molecule has 32 heavy (non-hydrogen) atoms. The quantitative estimate of drug-likeness (QED) is 0.665. The van der Waals surface area contributed by atoms with Crippen molar-refractivity contribution < 1.29 is 18.7 Å². The highest BCUT2D eigenvalue weighted by atomic mass is 19.1. The minimum Gasteiger partial charge on any atom is -0.450 e. The first kappa shape index (κ1) is 23.2. The van der Waals surface area contributed by atoms with Gasteiger partial charge < -0.3 is 20.3 Å². The van der Waals surface area contributed by atoms with Crippen LogP contribution in [-0.4, -0.2) is 54.2 Å². The Kier molecular flexibility index (Phi) is 7.45. The third-order valence-electron chi connectivity index (χ3n) is 5.70. The number of pyridine rings is 1. The zero-order valence-corrected chi connectivity index (χ0v) is 18.5. The predicted octanol–water partition coefficient (Wildman–Crippen LogP) is 3.55. The maximum Gasteiger partial charge on any atom is 0.404 e. The van der Waals surface area contributed by atoms with Gasteiger partial charge in [0.05, 0.1) is 12.8 Å². The topological polar surface area (TPSA) is 88.8 Å². The molecule has 1 atom stereocenters. The molecule has 0 saturated carbocycles. The molecule has 1 aliphatic rings. The van der Waals surface area contributed by atoms with Gasteiger partial charge in [-0.2, -0.15) is 0 Å². The number of nitrogens with zero attached hydrogens (tertiary/aromatic N) is 3. The minimum atomic E-state index is -0.804. The van der Waals surface area contributed by atoms with Crippen LogP contribution in [0.5, 0.6) is 0 Å². The Bertz CT molecular complexity index is 993. The summed E-state index contributed by atoms with van der Waals surface area (Å²) in [6, 6.07) is 6.87. The molecule has 2 aromatic rings. The number of benzene rings is 1. The van der Waals surface area contributed by atoms with Crippen LogP contribution in [0.2, 0.25) is 0 Å². The first-order valence-corrected chi connectivity index (χ1v) is 10.7. The van der Waals surface area contributed by atoms with Gasteiger partial charge in [0, 0.05) is 31.2 Å². The van der Waals surface area contributed by atoms with Crippen LogP contribution in [0.15, 0.2) is 37.0 Å². The Morgan fingerprint density at radius 2 is 2.12 bits per heavy atom. The van der Waals surface area contributed by atoms with Gasteiger partial charge in [0.25, 0.3) is 5.91 Å². The zero-order valence-electron chi connectivity index (χ0n) is 18.5. The van der Waals surface area contributed by atoms with Crippen LogP contribution < -0.4 is 10.6 Å². The van der Waals surface area contributed by atoms with E-state index in [1.165, 1.54) is 12.3 Å². The number of anilines is 1. The Morgan fingerprint density at radius 1 is 1.34 bits per heavy atom. The average Bonchev–Trinajstić information content (AvgIpc) is 2.76. The van der Waals surface area contributed by atoms with Crippen molar-refractivity contribution in [1.82, 2.24) is 9.88 Å². The third-order valence-corrected chi connectivity index (χ3v) is 5.70. The highest BCUT2D eigenvalue weighted by molar-refractivity contribution is 5.97. The number of aromatic nitrogens is 1. The van der Waals surface area contributed by atoms with E-state index >= 15 is 0 Å². The molecule has 0 aliphatic carbocycles. The molecule has 2 N–H and O–H groups in total. The molecule has 0 spiro atoms. The molecule has 0 radical (unpaired) electrons. The number of carbonyl (C=O) groups excluding carboxylic acids is 2. The normalized spacial score (nSPS) is 16.0. The molecule has 1 saturated heterocycles. The fourth-order valence-electron chi connectivity index (χ4n) is 4.02. The second kappa shape index (κ2) is 10.3. The molecule has 1 unspecified atom stereocenters. The van der Waals surface area contributed by atoms with Gasteiger partial charge >= 0.3 is 6.09 Å². The van der Waals surface area contributed by atoms with E-state index in [1.807, 2.05) is 30.9 Å². The number of carbonyl (C=O) groups is 2. The van der Waals surface area contributed by atoms with Gasteiger partial charge in [0.1, 0.15) is 11.6 Å². The zero-order chi connectivity index (χ0) is 23.3. The monoisotopic (exact) mass is 440 g/mol. The molecule has 2 heterocycles. The summed E-state index contributed by atoms with van der Waals surface area (Å²) in [5.74, 6) is 0.282. The van der Waals surface area contributed by atoms with Gasteiger partial charge in [0.15, 0.2) is 0 Å². The van der Waals surface area contributed by atoms with E-state index < -0.39 is 6.09 Å². The van der Waals surface area contributed by atoms with Crippen molar-refractivity contribution in [3.63, 3.8) is 0 Å². The van der Waals surface area contributed by atoms with Gasteiger partial charge in [-0.1, -0.05) is 18.7 Å². The number of amides is 2. The van der Waals surface area contributed by atoms with Crippen LogP contribution in [0, 0.1) is 12.7 Å². The number of ether oxygens (including phenoxy) is 1. The maximum absolute atomic E-state index is 13.5. The standard InChI is InChI=1S/C24H29FN4O3/c1-4-18-13-21(19(12-16(18)2)6-5-11-32-24(26)31)23(30)29-10-9-28(15-17(29)3)22-8-7-20(25)14-27-22/h4,7-8,12-14,17H,1,5-6,9-11,15H2,2-3H3,(H2,26,31). The third kappa shape index (κ3) is 5.43. The number of hydrogen-bond donors (Lipinski definition) is 1. The van der Waals surface area contributed by atoms with Crippen LogP contribution in [0.3, 0.4) is 0 Å². The van der Waals surface area contributed by atoms with E-state index in [2.05, 4.69) is 16.5 Å². The lowest BCUT2D eigenvalue weighted by atomic mass is 9.94. The smallest absolute Gasteiger partial charge is 0.404 e. The second-order valence-electron chi connectivity index (χ2n) is 7.97. The molecule has 1 aromatic heterocycles. The molecule has 1 fully saturated rings. The van der Waals surface area contributed by atoms with Gasteiger partial charge in [0.2, 0.25) is 0 Å². The number of aryl methyl sites for hydroxylation is 2. The maximum atomic E-state index is 13.5. The largest absolute Gasteiger partial charge is 0.450 e. The van der Waals surface area contributed by atoms with Crippen LogP contribution in [0.25, 0.3) is 6.08 Å². The van der Waals surface area contributed by atoms with Crippen molar-refractivity contribution in [3.8, 4) is 0 Å². The molecular formula is C24H29FN4O3. The number of hydrogen-bond acceptors (Lipinski definition) is 5. The van der Waals surface area contributed by atoms with Crippen LogP contribution in [0.4, 0.5) is 15.0 Å². The summed E-state index contributed by atoms with van der Waals surface area (Å²) in [4.78, 5) is 32.4. The van der Waals surface area contributed by atoms with E-state index in [9.17, 15) is 14.0 Å². The first-order valence-electron chi connectivity index (χ1n) is 10.7. The van der Waals surface area contributed by atoms with E-state index in [0.717, 1.165) is 16.7 Å². The van der Waals surface area contributed by atoms with E-state index in [4.69, 9.17) is 10.5 Å². The fraction of sp³-hybridized carbons (Fsp3) is 0.375. The first-order chi connectivity index (χ1) is 15.3. The summed E-state index contributed by atoms with van der Waals surface area (Å²) < 4.78 is 18.0. The second-order valence-corrected chi connectivity index (χ2v) is 7.97. The molecule has 2 amide bonds. The highest BCUT2D eigenvalue weighted by Crippen LogP contribution is 2.24. The number of primary amides is 1. The van der Waals surface area contributed by atoms with Crippen LogP contribution >= 0.6 is 0 Å². The summed E-state index contributed by atoms with van der Waals surface area (Å²) in [6.07, 6.45) is 3.29. The van der Waals surface area contributed by atoms with E-state index in [0.29, 0.717) is 43.9 Å². The summed E-state index contributed by atoms with van der Waals surface area (Å²) in [7, 11) is 0. The summed E-state index contributed by atoms with van der Waals surface area (Å²) >= 11 is 0. The van der Waals surface area contributed by atoms with Gasteiger partial charge in [-0.15, -0.1) is 0 Å². The lowest BCUT2D eigenvalue weighted by Gasteiger charge is -2.40. The van der Waals surface area contributed by atoms with E-state index in [-0.39, 0.29) is 24.4 Å². The summed E-state index contributed by atoms with van der Waals surface area (Å²) in [6.45, 7) is 9.77. The molecule has 1 aliphatic heterocycles. The summed E-state index contributed by atoms with van der Waals surface area (Å²) in [5, 5.41) is 0. The summed E-state index contributed by atoms with van der Waals surface area (Å²) in [5.41, 5.74) is 8.50. The van der Waals surface area contributed by atoms with Crippen molar-refractivity contribution in [2.45, 2.75) is 32.7 Å². The minimum absolute atomic E-state index is 0.0434. The average molecular weight is 441 g/mol. The van der Waals surface area contributed by atoms with Crippen molar-refractivity contribution in [2.24, 2.45) is 5.73 Å². The van der Waals surface area contributed by atoms with Crippen LogP contribution in [-0.2, 0) is 11.2 Å².